The zero-order valence-electron chi connectivity index (χ0n) is 18.3. The Kier molecular flexibility index (Phi) is 7.57. The lowest BCUT2D eigenvalue weighted by Crippen LogP contribution is -2.19. The Hall–Kier alpha value is -3.28. The van der Waals surface area contributed by atoms with Crippen LogP contribution in [0.4, 0.5) is 13.2 Å². The van der Waals surface area contributed by atoms with Gasteiger partial charge in [-0.05, 0) is 97.8 Å². The monoisotopic (exact) mass is 442 g/mol. The molecule has 0 N–H and O–H groups in total. The number of aryl methyl sites for hydroxylation is 1. The Morgan fingerprint density at radius 2 is 1.62 bits per heavy atom. The maximum atomic E-state index is 14.5. The molecule has 0 saturated heterocycles. The Bertz CT molecular complexity index is 1110. The molecule has 168 valence electrons. The van der Waals surface area contributed by atoms with Gasteiger partial charge in [-0.3, -0.25) is 0 Å². The summed E-state index contributed by atoms with van der Waals surface area (Å²) in [5.41, 5.74) is 2.65. The number of ether oxygens (including phenoxy) is 2. The molecule has 0 heterocycles. The zero-order valence-corrected chi connectivity index (χ0v) is 18.3. The second-order valence-corrected chi connectivity index (χ2v) is 7.79. The van der Waals surface area contributed by atoms with Crippen molar-refractivity contribution in [2.24, 2.45) is 0 Å². The predicted molar refractivity (Wildman–Crippen MR) is 117 cm³/mol. The molecule has 0 fully saturated rings. The highest BCUT2D eigenvalue weighted by Crippen LogP contribution is 2.28. The third-order valence-electron chi connectivity index (χ3n) is 5.05. The minimum absolute atomic E-state index is 0.231. The molecule has 0 unspecified atom stereocenters. The van der Waals surface area contributed by atoms with E-state index in [-0.39, 0.29) is 31.4 Å². The van der Waals surface area contributed by atoms with Gasteiger partial charge in [-0.2, -0.15) is 0 Å². The van der Waals surface area contributed by atoms with Gasteiger partial charge in [-0.1, -0.05) is 18.2 Å². The minimum Gasteiger partial charge on any atom is -0.482 e. The van der Waals surface area contributed by atoms with Crippen molar-refractivity contribution in [3.05, 3.63) is 88.7 Å². The number of benzene rings is 3. The second kappa shape index (κ2) is 10.4. The summed E-state index contributed by atoms with van der Waals surface area (Å²) in [5, 5.41) is 0. The van der Waals surface area contributed by atoms with E-state index in [9.17, 15) is 18.0 Å². The van der Waals surface area contributed by atoms with E-state index in [1.54, 1.807) is 45.0 Å². The predicted octanol–water partition coefficient (Wildman–Crippen LogP) is 6.19. The van der Waals surface area contributed by atoms with Crippen LogP contribution < -0.4 is 4.74 Å². The standard InChI is InChI=1S/C26H25F3O3/c1-16(2)32-26(30)15-31-25-12-11-24(29)22(17(25)3)9-7-20-13-19(8-10-23(20)28)18-5-4-6-21(27)14-18/h4-6,8,10-14,16H,7,9,15H2,1-3H3. The second-order valence-electron chi connectivity index (χ2n) is 7.79. The molecule has 0 bridgehead atoms. The lowest BCUT2D eigenvalue weighted by molar-refractivity contribution is -0.149. The quantitative estimate of drug-likeness (QED) is 0.390. The normalized spacial score (nSPS) is 11.0. The highest BCUT2D eigenvalue weighted by molar-refractivity contribution is 5.71. The molecule has 3 rings (SSSR count). The molecule has 0 aliphatic carbocycles. The van der Waals surface area contributed by atoms with Crippen molar-refractivity contribution in [1.82, 2.24) is 0 Å². The smallest absolute Gasteiger partial charge is 0.344 e. The summed E-state index contributed by atoms with van der Waals surface area (Å²) in [4.78, 5) is 11.7. The van der Waals surface area contributed by atoms with E-state index in [0.717, 1.165) is 0 Å². The number of hydrogen-bond donors (Lipinski definition) is 0. The van der Waals surface area contributed by atoms with Gasteiger partial charge in [0.2, 0.25) is 0 Å². The van der Waals surface area contributed by atoms with E-state index in [1.165, 1.54) is 30.3 Å². The lowest BCUT2D eigenvalue weighted by Gasteiger charge is -2.15. The molecule has 0 saturated carbocycles. The summed E-state index contributed by atoms with van der Waals surface area (Å²) in [6, 6.07) is 13.4. The fourth-order valence-corrected chi connectivity index (χ4v) is 3.47. The number of carbonyl (C=O) groups is 1. The average Bonchev–Trinajstić information content (AvgIpc) is 2.73. The fourth-order valence-electron chi connectivity index (χ4n) is 3.47. The van der Waals surface area contributed by atoms with Crippen LogP contribution in [0.2, 0.25) is 0 Å². The SMILES string of the molecule is Cc1c(OCC(=O)OC(C)C)ccc(F)c1CCc1cc(-c2cccc(F)c2)ccc1F. The Balaban J connectivity index is 1.76. The summed E-state index contributed by atoms with van der Waals surface area (Å²) < 4.78 is 53.0. The molecule has 3 aromatic rings. The molecular weight excluding hydrogens is 417 g/mol. The molecule has 0 spiro atoms. The van der Waals surface area contributed by atoms with Crippen LogP contribution in [0.15, 0.2) is 54.6 Å². The lowest BCUT2D eigenvalue weighted by atomic mass is 9.96. The van der Waals surface area contributed by atoms with Gasteiger partial charge in [-0.15, -0.1) is 0 Å². The van der Waals surface area contributed by atoms with E-state index in [0.29, 0.717) is 33.6 Å². The summed E-state index contributed by atoms with van der Waals surface area (Å²) in [7, 11) is 0. The molecule has 0 amide bonds. The molecule has 0 atom stereocenters. The maximum Gasteiger partial charge on any atom is 0.344 e. The third-order valence-corrected chi connectivity index (χ3v) is 5.05. The van der Waals surface area contributed by atoms with Crippen molar-refractivity contribution >= 4 is 5.97 Å². The van der Waals surface area contributed by atoms with Crippen LogP contribution >= 0.6 is 0 Å². The van der Waals surface area contributed by atoms with Gasteiger partial charge in [0, 0.05) is 0 Å². The first-order valence-corrected chi connectivity index (χ1v) is 10.4. The first-order valence-electron chi connectivity index (χ1n) is 10.4. The van der Waals surface area contributed by atoms with E-state index in [4.69, 9.17) is 9.47 Å². The molecule has 3 aromatic carbocycles. The van der Waals surface area contributed by atoms with Gasteiger partial charge in [-0.25, -0.2) is 18.0 Å². The molecule has 0 aliphatic rings. The van der Waals surface area contributed by atoms with Crippen LogP contribution in [0.3, 0.4) is 0 Å². The molecule has 0 aromatic heterocycles. The molecule has 32 heavy (non-hydrogen) atoms. The maximum absolute atomic E-state index is 14.5. The number of carbonyl (C=O) groups excluding carboxylic acids is 1. The van der Waals surface area contributed by atoms with E-state index < -0.39 is 17.6 Å². The van der Waals surface area contributed by atoms with Crippen LogP contribution in [0, 0.1) is 24.4 Å². The van der Waals surface area contributed by atoms with Crippen molar-refractivity contribution in [2.75, 3.05) is 6.61 Å². The van der Waals surface area contributed by atoms with Gasteiger partial charge >= 0.3 is 5.97 Å². The number of halogens is 3. The summed E-state index contributed by atoms with van der Waals surface area (Å²) in [6.45, 7) is 4.89. The van der Waals surface area contributed by atoms with Gasteiger partial charge < -0.3 is 9.47 Å². The molecular formula is C26H25F3O3. The zero-order chi connectivity index (χ0) is 23.3. The van der Waals surface area contributed by atoms with Gasteiger partial charge in [0.05, 0.1) is 6.10 Å². The van der Waals surface area contributed by atoms with Crippen molar-refractivity contribution in [1.29, 1.82) is 0 Å². The van der Waals surface area contributed by atoms with Crippen LogP contribution in [-0.4, -0.2) is 18.7 Å². The van der Waals surface area contributed by atoms with Crippen LogP contribution in [0.25, 0.3) is 11.1 Å². The molecule has 0 aliphatic heterocycles. The number of rotatable bonds is 8. The fraction of sp³-hybridized carbons (Fsp3) is 0.269. The molecule has 6 heteroatoms. The van der Waals surface area contributed by atoms with Crippen molar-refractivity contribution in [3.63, 3.8) is 0 Å². The van der Waals surface area contributed by atoms with E-state index in [2.05, 4.69) is 0 Å². The van der Waals surface area contributed by atoms with Gasteiger partial charge in [0.25, 0.3) is 0 Å². The highest BCUT2D eigenvalue weighted by atomic mass is 19.1. The Labute approximate surface area is 185 Å². The summed E-state index contributed by atoms with van der Waals surface area (Å²) in [6.07, 6.45) is 0.217. The molecule has 3 nitrogen and oxygen atoms in total. The number of esters is 1. The summed E-state index contributed by atoms with van der Waals surface area (Å²) in [5.74, 6) is -1.36. The molecule has 0 radical (unpaired) electrons. The van der Waals surface area contributed by atoms with Gasteiger partial charge in [0.1, 0.15) is 23.2 Å². The number of hydrogen-bond acceptors (Lipinski definition) is 3. The van der Waals surface area contributed by atoms with Crippen molar-refractivity contribution in [3.8, 4) is 16.9 Å². The Morgan fingerprint density at radius 3 is 2.34 bits per heavy atom. The van der Waals surface area contributed by atoms with E-state index >= 15 is 0 Å². The largest absolute Gasteiger partial charge is 0.482 e. The average molecular weight is 442 g/mol. The Morgan fingerprint density at radius 1 is 0.906 bits per heavy atom. The summed E-state index contributed by atoms with van der Waals surface area (Å²) >= 11 is 0. The first kappa shape index (κ1) is 23.4. The minimum atomic E-state index is -0.512. The van der Waals surface area contributed by atoms with Crippen molar-refractivity contribution < 1.29 is 27.4 Å². The third kappa shape index (κ3) is 5.90. The highest BCUT2D eigenvalue weighted by Gasteiger charge is 2.15. The van der Waals surface area contributed by atoms with Crippen molar-refractivity contribution in [2.45, 2.75) is 39.7 Å². The van der Waals surface area contributed by atoms with Crippen LogP contribution in [0.1, 0.15) is 30.5 Å². The van der Waals surface area contributed by atoms with E-state index in [1.807, 2.05) is 0 Å². The van der Waals surface area contributed by atoms with Crippen LogP contribution in [-0.2, 0) is 22.4 Å². The topological polar surface area (TPSA) is 35.5 Å². The van der Waals surface area contributed by atoms with Gasteiger partial charge in [0.15, 0.2) is 6.61 Å². The first-order chi connectivity index (χ1) is 15.2. The van der Waals surface area contributed by atoms with Crippen LogP contribution in [0.5, 0.6) is 5.75 Å².